The molecule has 1 unspecified atom stereocenters. The van der Waals surface area contributed by atoms with E-state index in [0.717, 1.165) is 42.8 Å². The third-order valence-electron chi connectivity index (χ3n) is 5.87. The monoisotopic (exact) mass is 430 g/mol. The minimum absolute atomic E-state index is 0.0147. The van der Waals surface area contributed by atoms with Gasteiger partial charge < -0.3 is 4.90 Å². The van der Waals surface area contributed by atoms with E-state index >= 15 is 4.39 Å². The largest absolute Gasteiger partial charge is 0.416 e. The van der Waals surface area contributed by atoms with Crippen LogP contribution in [0.15, 0.2) is 36.4 Å². The number of anilines is 1. The van der Waals surface area contributed by atoms with Crippen molar-refractivity contribution in [1.82, 2.24) is 0 Å². The van der Waals surface area contributed by atoms with Crippen LogP contribution in [0.25, 0.3) is 11.6 Å². The fraction of sp³-hybridized carbons (Fsp3) is 0.400. The Kier molecular flexibility index (Phi) is 6.18. The fourth-order valence-corrected chi connectivity index (χ4v) is 4.48. The minimum Gasteiger partial charge on any atom is -0.366 e. The van der Waals surface area contributed by atoms with Gasteiger partial charge in [-0.2, -0.15) is 18.4 Å². The predicted octanol–water partition coefficient (Wildman–Crippen LogP) is 7.41. The number of halogens is 4. The molecule has 0 bridgehead atoms. The molecule has 0 amide bonds. The van der Waals surface area contributed by atoms with E-state index in [2.05, 4.69) is 32.6 Å². The molecule has 0 fully saturated rings. The normalized spacial score (nSPS) is 18.5. The Labute approximate surface area is 180 Å². The fourth-order valence-electron chi connectivity index (χ4n) is 4.48. The van der Waals surface area contributed by atoms with Crippen LogP contribution in [-0.2, 0) is 6.18 Å². The molecular formula is C25H26F4N2. The predicted molar refractivity (Wildman–Crippen MR) is 116 cm³/mol. The van der Waals surface area contributed by atoms with Gasteiger partial charge in [-0.1, -0.05) is 26.0 Å². The highest BCUT2D eigenvalue weighted by Crippen LogP contribution is 2.44. The number of fused-ring (bicyclic) bond motifs is 1. The lowest BCUT2D eigenvalue weighted by atomic mass is 9.79. The van der Waals surface area contributed by atoms with Crippen LogP contribution in [0, 0.1) is 17.1 Å². The van der Waals surface area contributed by atoms with E-state index in [1.165, 1.54) is 24.3 Å². The van der Waals surface area contributed by atoms with Crippen LogP contribution in [0.4, 0.5) is 23.2 Å². The lowest BCUT2D eigenvalue weighted by Crippen LogP contribution is -2.48. The van der Waals surface area contributed by atoms with Gasteiger partial charge in [0.2, 0.25) is 0 Å². The van der Waals surface area contributed by atoms with Gasteiger partial charge in [-0.05, 0) is 74.1 Å². The Bertz CT molecular complexity index is 1040. The molecule has 164 valence electrons. The van der Waals surface area contributed by atoms with E-state index in [-0.39, 0.29) is 28.2 Å². The van der Waals surface area contributed by atoms with Crippen LogP contribution in [0.2, 0.25) is 0 Å². The zero-order chi connectivity index (χ0) is 23.0. The van der Waals surface area contributed by atoms with Crippen molar-refractivity contribution >= 4 is 17.3 Å². The Morgan fingerprint density at radius 1 is 1.26 bits per heavy atom. The second-order valence-electron chi connectivity index (χ2n) is 8.75. The van der Waals surface area contributed by atoms with E-state index in [4.69, 9.17) is 0 Å². The van der Waals surface area contributed by atoms with E-state index in [1.807, 2.05) is 6.07 Å². The van der Waals surface area contributed by atoms with Crippen molar-refractivity contribution in [3.63, 3.8) is 0 Å². The maximum Gasteiger partial charge on any atom is 0.416 e. The first-order chi connectivity index (χ1) is 14.5. The van der Waals surface area contributed by atoms with E-state index in [1.54, 1.807) is 6.07 Å². The zero-order valence-electron chi connectivity index (χ0n) is 18.1. The topological polar surface area (TPSA) is 27.0 Å². The number of allylic oxidation sites excluding steroid dienone is 1. The van der Waals surface area contributed by atoms with Gasteiger partial charge in [-0.15, -0.1) is 0 Å². The Hall–Kier alpha value is -2.81. The summed E-state index contributed by atoms with van der Waals surface area (Å²) in [7, 11) is 0. The standard InChI is InChI=1S/C25H26F4N2/c1-5-9-31-23-13-22(26)18(12-21(23)16(2)14-24(31,3)4)10-19(15-30)17-7-6-8-20(11-17)25(27,28)29/h6-8,10-13,16H,5,9,14H2,1-4H3/b19-10+. The van der Waals surface area contributed by atoms with Gasteiger partial charge in [0.15, 0.2) is 0 Å². The average molecular weight is 430 g/mol. The summed E-state index contributed by atoms with van der Waals surface area (Å²) in [4.78, 5) is 2.22. The lowest BCUT2D eigenvalue weighted by Gasteiger charge is -2.47. The molecule has 0 N–H and O–H groups in total. The first-order valence-corrected chi connectivity index (χ1v) is 10.4. The second-order valence-corrected chi connectivity index (χ2v) is 8.75. The van der Waals surface area contributed by atoms with Crippen LogP contribution in [-0.4, -0.2) is 12.1 Å². The van der Waals surface area contributed by atoms with Crippen LogP contribution in [0.3, 0.4) is 0 Å². The first kappa shape index (κ1) is 22.9. The summed E-state index contributed by atoms with van der Waals surface area (Å²) in [5, 5.41) is 9.57. The lowest BCUT2D eigenvalue weighted by molar-refractivity contribution is -0.137. The molecule has 1 aliphatic heterocycles. The SMILES string of the molecule is CCCN1c2cc(F)c(/C=C(\C#N)c3cccc(C(F)(F)F)c3)cc2C(C)CC1(C)C. The van der Waals surface area contributed by atoms with Gasteiger partial charge in [-0.25, -0.2) is 4.39 Å². The third-order valence-corrected chi connectivity index (χ3v) is 5.87. The summed E-state index contributed by atoms with van der Waals surface area (Å²) in [6.07, 6.45) is -1.36. The number of alkyl halides is 3. The van der Waals surface area contributed by atoms with E-state index in [0.29, 0.717) is 0 Å². The molecule has 3 rings (SSSR count). The van der Waals surface area contributed by atoms with Crippen molar-refractivity contribution in [2.45, 2.75) is 58.2 Å². The first-order valence-electron chi connectivity index (χ1n) is 10.4. The summed E-state index contributed by atoms with van der Waals surface area (Å²) < 4.78 is 54.2. The molecule has 2 aromatic rings. The molecule has 6 heteroatoms. The van der Waals surface area contributed by atoms with Gasteiger partial charge in [-0.3, -0.25) is 0 Å². The van der Waals surface area contributed by atoms with Gasteiger partial charge in [0, 0.05) is 23.3 Å². The smallest absolute Gasteiger partial charge is 0.366 e. The molecule has 1 atom stereocenters. The molecule has 0 saturated carbocycles. The van der Waals surface area contributed by atoms with Crippen LogP contribution < -0.4 is 4.90 Å². The van der Waals surface area contributed by atoms with Crippen molar-refractivity contribution in [1.29, 1.82) is 5.26 Å². The highest BCUT2D eigenvalue weighted by Gasteiger charge is 2.36. The zero-order valence-corrected chi connectivity index (χ0v) is 18.1. The minimum atomic E-state index is -4.52. The summed E-state index contributed by atoms with van der Waals surface area (Å²) in [6.45, 7) is 9.27. The third kappa shape index (κ3) is 4.61. The van der Waals surface area contributed by atoms with E-state index in [9.17, 15) is 18.4 Å². The number of hydrogen-bond acceptors (Lipinski definition) is 2. The second kappa shape index (κ2) is 8.37. The molecule has 0 radical (unpaired) electrons. The maximum atomic E-state index is 15.1. The Morgan fingerprint density at radius 3 is 2.58 bits per heavy atom. The molecule has 1 aliphatic rings. The molecule has 2 nitrogen and oxygen atoms in total. The summed E-state index contributed by atoms with van der Waals surface area (Å²) in [5.41, 5.74) is 1.18. The average Bonchev–Trinajstić information content (AvgIpc) is 2.69. The van der Waals surface area contributed by atoms with Gasteiger partial charge in [0.05, 0.1) is 17.2 Å². The van der Waals surface area contributed by atoms with Crippen molar-refractivity contribution in [2.75, 3.05) is 11.4 Å². The summed E-state index contributed by atoms with van der Waals surface area (Å²) in [5.74, 6) is -0.311. The summed E-state index contributed by atoms with van der Waals surface area (Å²) >= 11 is 0. The highest BCUT2D eigenvalue weighted by molar-refractivity contribution is 5.90. The Morgan fingerprint density at radius 2 is 1.97 bits per heavy atom. The van der Waals surface area contributed by atoms with Crippen molar-refractivity contribution in [3.05, 3.63) is 64.5 Å². The van der Waals surface area contributed by atoms with Crippen LogP contribution in [0.1, 0.15) is 68.7 Å². The maximum absolute atomic E-state index is 15.1. The molecule has 0 spiro atoms. The van der Waals surface area contributed by atoms with Gasteiger partial charge >= 0.3 is 6.18 Å². The molecule has 0 aromatic heterocycles. The molecule has 0 saturated heterocycles. The number of nitrogens with zero attached hydrogens (tertiary/aromatic N) is 2. The molecule has 31 heavy (non-hydrogen) atoms. The number of hydrogen-bond donors (Lipinski definition) is 0. The molecule has 2 aromatic carbocycles. The molecular weight excluding hydrogens is 404 g/mol. The number of rotatable bonds is 4. The van der Waals surface area contributed by atoms with Crippen molar-refractivity contribution < 1.29 is 17.6 Å². The van der Waals surface area contributed by atoms with Crippen molar-refractivity contribution in [2.24, 2.45) is 0 Å². The van der Waals surface area contributed by atoms with Gasteiger partial charge in [0.1, 0.15) is 5.82 Å². The van der Waals surface area contributed by atoms with Crippen molar-refractivity contribution in [3.8, 4) is 6.07 Å². The van der Waals surface area contributed by atoms with Crippen LogP contribution >= 0.6 is 0 Å². The molecule has 0 aliphatic carbocycles. The quantitative estimate of drug-likeness (QED) is 0.287. The molecule has 1 heterocycles. The number of nitriles is 1. The van der Waals surface area contributed by atoms with Crippen LogP contribution in [0.5, 0.6) is 0 Å². The Balaban J connectivity index is 2.09. The highest BCUT2D eigenvalue weighted by atomic mass is 19.4. The van der Waals surface area contributed by atoms with E-state index < -0.39 is 17.6 Å². The number of benzene rings is 2. The summed E-state index contributed by atoms with van der Waals surface area (Å²) in [6, 6.07) is 9.69. The van der Waals surface area contributed by atoms with Gasteiger partial charge in [0.25, 0.3) is 0 Å².